The number of halogens is 2. The van der Waals surface area contributed by atoms with E-state index in [4.69, 9.17) is 15.2 Å². The number of esters is 1. The van der Waals surface area contributed by atoms with Crippen LogP contribution in [0.1, 0.15) is 23.2 Å². The molecule has 3 atom stereocenters. The summed E-state index contributed by atoms with van der Waals surface area (Å²) in [5, 5.41) is 5.25. The predicted octanol–water partition coefficient (Wildman–Crippen LogP) is 4.30. The van der Waals surface area contributed by atoms with Crippen LogP contribution in [0, 0.1) is 23.5 Å². The predicted molar refractivity (Wildman–Crippen MR) is 166 cm³/mol. The van der Waals surface area contributed by atoms with Gasteiger partial charge in [0.2, 0.25) is 0 Å². The second kappa shape index (κ2) is 13.4. The molecule has 1 saturated carbocycles. The third-order valence-corrected chi connectivity index (χ3v) is 8.14. The van der Waals surface area contributed by atoms with Crippen molar-refractivity contribution >= 4 is 29.4 Å². The van der Waals surface area contributed by atoms with Crippen LogP contribution < -0.4 is 26.7 Å². The van der Waals surface area contributed by atoms with Gasteiger partial charge in [0.1, 0.15) is 29.1 Å². The summed E-state index contributed by atoms with van der Waals surface area (Å²) in [4.78, 5) is 56.1. The molecule has 3 heterocycles. The number of hydrogen-bond acceptors (Lipinski definition) is 8. The number of carbonyl (C=O) groups excluding carboxylic acids is 3. The van der Waals surface area contributed by atoms with Gasteiger partial charge in [-0.3, -0.25) is 24.3 Å². The van der Waals surface area contributed by atoms with E-state index in [2.05, 4.69) is 15.6 Å². The number of aromatic nitrogens is 2. The molecule has 6 rings (SSSR count). The molecule has 14 heteroatoms. The van der Waals surface area contributed by atoms with Crippen molar-refractivity contribution in [3.8, 4) is 17.2 Å². The Bertz CT molecular complexity index is 1870. The van der Waals surface area contributed by atoms with Crippen LogP contribution in [0.2, 0.25) is 0 Å². The maximum Gasteiger partial charge on any atom is 0.323 e. The Hall–Kier alpha value is -5.63. The smallest absolute Gasteiger partial charge is 0.323 e. The standard InChI is InChI=1S/C33H30F2N6O6/c34-21-3-6-23(7-4-21)41-11-1-2-26(32(41)44)31(43)38-22-5-8-28(27(35)14-22)46-24-9-10-37-29(15-24)39-33(45)40-17-19-12-25(13-20(19)18-40)47-30(42)16-36/h1-11,14-15,19-20,25H,12-13,16-18,36H2,(H,38,43)(H,37,39,45)/t19-,20?,25?/m0/s1. The number of pyridine rings is 2. The number of amides is 3. The van der Waals surface area contributed by atoms with Crippen molar-refractivity contribution in [2.45, 2.75) is 18.9 Å². The van der Waals surface area contributed by atoms with Crippen molar-refractivity contribution in [3.05, 3.63) is 107 Å². The number of carbonyl (C=O) groups is 3. The minimum atomic E-state index is -0.791. The second-order valence-corrected chi connectivity index (χ2v) is 11.3. The maximum absolute atomic E-state index is 15.0. The van der Waals surface area contributed by atoms with Crippen LogP contribution in [0.4, 0.5) is 25.1 Å². The lowest BCUT2D eigenvalue weighted by molar-refractivity contribution is -0.147. The van der Waals surface area contributed by atoms with Gasteiger partial charge in [-0.2, -0.15) is 0 Å². The van der Waals surface area contributed by atoms with Gasteiger partial charge >= 0.3 is 12.0 Å². The lowest BCUT2D eigenvalue weighted by atomic mass is 10.0. The number of hydrogen-bond donors (Lipinski definition) is 3. The lowest BCUT2D eigenvalue weighted by Crippen LogP contribution is -2.34. The number of fused-ring (bicyclic) bond motifs is 1. The van der Waals surface area contributed by atoms with E-state index in [9.17, 15) is 23.6 Å². The fourth-order valence-corrected chi connectivity index (χ4v) is 5.93. The quantitative estimate of drug-likeness (QED) is 0.240. The molecule has 1 saturated heterocycles. The van der Waals surface area contributed by atoms with Gasteiger partial charge in [0.15, 0.2) is 11.6 Å². The number of nitrogens with two attached hydrogens (primary N) is 1. The number of benzene rings is 2. The van der Waals surface area contributed by atoms with E-state index in [1.54, 1.807) is 4.90 Å². The van der Waals surface area contributed by atoms with Crippen molar-refractivity contribution in [3.63, 3.8) is 0 Å². The van der Waals surface area contributed by atoms with Crippen molar-refractivity contribution in [1.82, 2.24) is 14.5 Å². The highest BCUT2D eigenvalue weighted by Gasteiger charge is 2.43. The summed E-state index contributed by atoms with van der Waals surface area (Å²) < 4.78 is 40.6. The zero-order valence-corrected chi connectivity index (χ0v) is 24.9. The lowest BCUT2D eigenvalue weighted by Gasteiger charge is -2.20. The van der Waals surface area contributed by atoms with Crippen LogP contribution in [0.3, 0.4) is 0 Å². The minimum Gasteiger partial charge on any atom is -0.461 e. The van der Waals surface area contributed by atoms with Gasteiger partial charge in [-0.25, -0.2) is 18.6 Å². The fourth-order valence-electron chi connectivity index (χ4n) is 5.93. The summed E-state index contributed by atoms with van der Waals surface area (Å²) in [7, 11) is 0. The van der Waals surface area contributed by atoms with Gasteiger partial charge in [-0.1, -0.05) is 0 Å². The highest BCUT2D eigenvalue weighted by Crippen LogP contribution is 2.39. The topological polar surface area (TPSA) is 158 Å². The Morgan fingerprint density at radius 3 is 2.40 bits per heavy atom. The molecule has 242 valence electrons. The number of likely N-dealkylation sites (tertiary alicyclic amines) is 1. The first-order chi connectivity index (χ1) is 22.7. The van der Waals surface area contributed by atoms with E-state index < -0.39 is 29.1 Å². The van der Waals surface area contributed by atoms with E-state index in [1.807, 2.05) is 0 Å². The van der Waals surface area contributed by atoms with Gasteiger partial charge in [-0.05, 0) is 79.3 Å². The van der Waals surface area contributed by atoms with Gasteiger partial charge in [0.25, 0.3) is 11.5 Å². The van der Waals surface area contributed by atoms with Gasteiger partial charge in [0.05, 0.1) is 6.54 Å². The Labute approximate surface area is 267 Å². The normalized spacial score (nSPS) is 18.4. The summed E-state index contributed by atoms with van der Waals surface area (Å²) in [5.41, 5.74) is 4.95. The first kappa shape index (κ1) is 31.4. The number of nitrogens with zero attached hydrogens (tertiary/aromatic N) is 3. The average Bonchev–Trinajstić information content (AvgIpc) is 3.62. The number of nitrogens with one attached hydrogen (secondary N) is 2. The molecule has 2 aromatic carbocycles. The first-order valence-electron chi connectivity index (χ1n) is 14.8. The molecule has 2 unspecified atom stereocenters. The van der Waals surface area contributed by atoms with E-state index in [-0.39, 0.29) is 59.1 Å². The average molecular weight is 645 g/mol. The zero-order valence-electron chi connectivity index (χ0n) is 24.9. The molecule has 2 aliphatic rings. The third-order valence-electron chi connectivity index (χ3n) is 8.14. The Morgan fingerprint density at radius 1 is 0.957 bits per heavy atom. The number of rotatable bonds is 8. The summed E-state index contributed by atoms with van der Waals surface area (Å²) in [6.07, 6.45) is 4.04. The van der Waals surface area contributed by atoms with Crippen molar-refractivity contribution in [1.29, 1.82) is 0 Å². The number of urea groups is 1. The Balaban J connectivity index is 1.05. The highest BCUT2D eigenvalue weighted by molar-refractivity contribution is 6.04. The van der Waals surface area contributed by atoms with Gasteiger partial charge < -0.3 is 25.4 Å². The first-order valence-corrected chi connectivity index (χ1v) is 14.8. The Kier molecular flexibility index (Phi) is 8.93. The van der Waals surface area contributed by atoms with Crippen LogP contribution in [-0.4, -0.2) is 58.1 Å². The molecule has 1 aliphatic carbocycles. The Morgan fingerprint density at radius 2 is 1.70 bits per heavy atom. The van der Waals surface area contributed by atoms with Crippen LogP contribution in [0.5, 0.6) is 11.5 Å². The minimum absolute atomic E-state index is 0.0818. The molecule has 0 radical (unpaired) electrons. The SMILES string of the molecule is NCC(=O)OC1CC2CN(C(=O)Nc3cc(Oc4ccc(NC(=O)c5cccn(-c6ccc(F)cc6)c5=O)cc4F)ccn3)C[C@@H]2C1. The van der Waals surface area contributed by atoms with E-state index in [0.29, 0.717) is 31.6 Å². The molecular weight excluding hydrogens is 614 g/mol. The molecular formula is C33H30F2N6O6. The molecule has 0 spiro atoms. The van der Waals surface area contributed by atoms with Crippen molar-refractivity contribution in [2.75, 3.05) is 30.3 Å². The monoisotopic (exact) mass is 644 g/mol. The summed E-state index contributed by atoms with van der Waals surface area (Å²) in [6.45, 7) is 0.880. The third kappa shape index (κ3) is 7.12. The number of ether oxygens (including phenoxy) is 2. The summed E-state index contributed by atoms with van der Waals surface area (Å²) in [6, 6.07) is 14.4. The molecule has 3 amide bonds. The van der Waals surface area contributed by atoms with Crippen molar-refractivity contribution < 1.29 is 32.6 Å². The van der Waals surface area contributed by atoms with Crippen LogP contribution in [0.15, 0.2) is 83.9 Å². The fraction of sp³-hybridized carbons (Fsp3) is 0.242. The molecule has 0 bridgehead atoms. The zero-order chi connectivity index (χ0) is 33.1. The molecule has 47 heavy (non-hydrogen) atoms. The van der Waals surface area contributed by atoms with Crippen molar-refractivity contribution in [2.24, 2.45) is 17.6 Å². The van der Waals surface area contributed by atoms with Gasteiger partial charge in [0, 0.05) is 49.0 Å². The molecule has 2 fully saturated rings. The summed E-state index contributed by atoms with van der Waals surface area (Å²) >= 11 is 0. The molecule has 4 N–H and O–H groups in total. The second-order valence-electron chi connectivity index (χ2n) is 11.3. The molecule has 4 aromatic rings. The van der Waals surface area contributed by atoms with Gasteiger partial charge in [-0.15, -0.1) is 0 Å². The highest BCUT2D eigenvalue weighted by atomic mass is 19.1. The number of anilines is 2. The molecule has 12 nitrogen and oxygen atoms in total. The van der Waals surface area contributed by atoms with Crippen LogP contribution in [0.25, 0.3) is 5.69 Å². The van der Waals surface area contributed by atoms with Crippen LogP contribution >= 0.6 is 0 Å². The van der Waals surface area contributed by atoms with E-state index >= 15 is 4.39 Å². The maximum atomic E-state index is 15.0. The van der Waals surface area contributed by atoms with E-state index in [0.717, 1.165) is 6.07 Å². The van der Waals surface area contributed by atoms with Crippen LogP contribution in [-0.2, 0) is 9.53 Å². The molecule has 2 aromatic heterocycles. The summed E-state index contributed by atoms with van der Waals surface area (Å²) in [5.74, 6) is -1.73. The molecule has 1 aliphatic heterocycles. The van der Waals surface area contributed by atoms with E-state index in [1.165, 1.54) is 77.6 Å². The largest absolute Gasteiger partial charge is 0.461 e.